The largest absolute Gasteiger partial charge is 0.349 e. The van der Waals surface area contributed by atoms with Gasteiger partial charge < -0.3 is 25.3 Å². The number of piperidine rings is 1. The Morgan fingerprint density at radius 2 is 1.85 bits per heavy atom. The summed E-state index contributed by atoms with van der Waals surface area (Å²) in [5, 5.41) is 6.02. The van der Waals surface area contributed by atoms with Crippen LogP contribution in [0, 0.1) is 0 Å². The first kappa shape index (κ1) is 27.2. The van der Waals surface area contributed by atoms with E-state index in [1.807, 2.05) is 7.05 Å². The van der Waals surface area contributed by atoms with Crippen LogP contribution < -0.4 is 20.4 Å². The average molecular weight is 546 g/mol. The zero-order chi connectivity index (χ0) is 27.7. The van der Waals surface area contributed by atoms with Gasteiger partial charge in [-0.2, -0.15) is 13.8 Å². The molecule has 0 spiro atoms. The Kier molecular flexibility index (Phi) is 7.66. The molecule has 12 heteroatoms. The molecule has 1 aromatic carbocycles. The number of amides is 2. The SMILES string of the molecule is CN1CCC(NC(=O)c2ccc(Nc3ncc4c(n3)N(C3CCCC3)CC(F)(F)C(=O)N4C)c(CF)c2)CC1. The fourth-order valence-electron chi connectivity index (χ4n) is 5.61. The Morgan fingerprint density at radius 1 is 1.13 bits per heavy atom. The Labute approximate surface area is 225 Å². The molecule has 39 heavy (non-hydrogen) atoms. The molecule has 2 amide bonds. The lowest BCUT2D eigenvalue weighted by molar-refractivity contribution is -0.140. The van der Waals surface area contributed by atoms with Gasteiger partial charge in [0.05, 0.1) is 12.7 Å². The number of nitrogens with one attached hydrogen (secondary N) is 2. The molecule has 3 aliphatic rings. The van der Waals surface area contributed by atoms with Crippen molar-refractivity contribution in [2.24, 2.45) is 0 Å². The summed E-state index contributed by atoms with van der Waals surface area (Å²) < 4.78 is 43.7. The van der Waals surface area contributed by atoms with Gasteiger partial charge in [-0.15, -0.1) is 0 Å². The van der Waals surface area contributed by atoms with Gasteiger partial charge in [0.1, 0.15) is 12.4 Å². The van der Waals surface area contributed by atoms with Gasteiger partial charge in [0, 0.05) is 35.9 Å². The number of hydrogen-bond donors (Lipinski definition) is 2. The highest BCUT2D eigenvalue weighted by Gasteiger charge is 2.48. The maximum absolute atomic E-state index is 14.8. The lowest BCUT2D eigenvalue weighted by Crippen LogP contribution is -2.48. The number of hydrogen-bond acceptors (Lipinski definition) is 7. The van der Waals surface area contributed by atoms with Crippen LogP contribution in [-0.4, -0.2) is 78.4 Å². The number of halogens is 3. The second-order valence-electron chi connectivity index (χ2n) is 10.7. The van der Waals surface area contributed by atoms with Gasteiger partial charge in [0.15, 0.2) is 5.82 Å². The second kappa shape index (κ2) is 11.0. The summed E-state index contributed by atoms with van der Waals surface area (Å²) in [5.41, 5.74) is 1.16. The molecule has 1 aliphatic carbocycles. The van der Waals surface area contributed by atoms with E-state index in [1.165, 1.54) is 24.2 Å². The van der Waals surface area contributed by atoms with Crippen LogP contribution in [0.25, 0.3) is 0 Å². The minimum Gasteiger partial charge on any atom is -0.349 e. The summed E-state index contributed by atoms with van der Waals surface area (Å²) in [4.78, 5) is 38.7. The summed E-state index contributed by atoms with van der Waals surface area (Å²) in [5.74, 6) is -4.81. The number of rotatable bonds is 6. The number of carbonyl (C=O) groups is 2. The summed E-state index contributed by atoms with van der Waals surface area (Å²) in [6.45, 7) is 0.218. The zero-order valence-electron chi connectivity index (χ0n) is 22.2. The predicted molar refractivity (Wildman–Crippen MR) is 143 cm³/mol. The molecule has 2 aliphatic heterocycles. The van der Waals surface area contributed by atoms with Gasteiger partial charge >= 0.3 is 5.92 Å². The Morgan fingerprint density at radius 3 is 2.54 bits per heavy atom. The smallest absolute Gasteiger partial charge is 0.342 e. The third-order valence-electron chi connectivity index (χ3n) is 7.95. The van der Waals surface area contributed by atoms with Crippen LogP contribution in [0.3, 0.4) is 0 Å². The zero-order valence-corrected chi connectivity index (χ0v) is 22.2. The molecular weight excluding hydrogens is 511 g/mol. The molecule has 0 unspecified atom stereocenters. The molecule has 2 fully saturated rings. The molecule has 1 saturated heterocycles. The summed E-state index contributed by atoms with van der Waals surface area (Å²) in [6, 6.07) is 4.60. The molecule has 0 atom stereocenters. The number of carbonyl (C=O) groups excluding carboxylic acids is 2. The van der Waals surface area contributed by atoms with Crippen LogP contribution >= 0.6 is 0 Å². The molecule has 210 valence electrons. The van der Waals surface area contributed by atoms with Gasteiger partial charge in [0.2, 0.25) is 5.95 Å². The minimum atomic E-state index is -3.57. The van der Waals surface area contributed by atoms with E-state index in [-0.39, 0.29) is 41.0 Å². The molecule has 1 saturated carbocycles. The van der Waals surface area contributed by atoms with E-state index in [1.54, 1.807) is 12.1 Å². The second-order valence-corrected chi connectivity index (χ2v) is 10.7. The lowest BCUT2D eigenvalue weighted by Gasteiger charge is -2.31. The number of likely N-dealkylation sites (tertiary alicyclic amines) is 1. The van der Waals surface area contributed by atoms with Crippen LogP contribution in [0.5, 0.6) is 0 Å². The normalized spacial score (nSPS) is 20.6. The number of nitrogens with zero attached hydrogens (tertiary/aromatic N) is 5. The first-order valence-corrected chi connectivity index (χ1v) is 13.4. The maximum atomic E-state index is 14.8. The van der Waals surface area contributed by atoms with Crippen molar-refractivity contribution in [2.75, 3.05) is 48.8 Å². The van der Waals surface area contributed by atoms with Crippen molar-refractivity contribution in [3.05, 3.63) is 35.5 Å². The van der Waals surface area contributed by atoms with Gasteiger partial charge in [-0.25, -0.2) is 9.37 Å². The van der Waals surface area contributed by atoms with Crippen molar-refractivity contribution in [3.8, 4) is 0 Å². The van der Waals surface area contributed by atoms with Gasteiger partial charge in [-0.3, -0.25) is 9.59 Å². The van der Waals surface area contributed by atoms with Crippen LogP contribution in [0.2, 0.25) is 0 Å². The van der Waals surface area contributed by atoms with E-state index < -0.39 is 25.0 Å². The van der Waals surface area contributed by atoms with Crippen molar-refractivity contribution in [1.82, 2.24) is 20.2 Å². The van der Waals surface area contributed by atoms with Crippen molar-refractivity contribution in [2.45, 2.75) is 63.2 Å². The molecule has 1 aromatic heterocycles. The van der Waals surface area contributed by atoms with Crippen LogP contribution in [0.15, 0.2) is 24.4 Å². The van der Waals surface area contributed by atoms with E-state index in [0.717, 1.165) is 56.5 Å². The van der Waals surface area contributed by atoms with Crippen molar-refractivity contribution >= 4 is 35.0 Å². The number of fused-ring (bicyclic) bond motifs is 1. The summed E-state index contributed by atoms with van der Waals surface area (Å²) in [7, 11) is 3.34. The van der Waals surface area contributed by atoms with Gasteiger partial charge in [-0.1, -0.05) is 12.8 Å². The molecule has 0 bridgehead atoms. The summed E-state index contributed by atoms with van der Waals surface area (Å²) in [6.07, 6.45) is 6.35. The molecule has 3 heterocycles. The standard InChI is InChI=1S/C27H34F3N7O2/c1-35-11-9-19(10-12-35)32-24(38)17-7-8-21(18(13-17)14-28)33-26-31-15-22-23(34-26)37(20-5-3-4-6-20)16-27(29,30)25(39)36(22)2/h7-8,13,15,19-20H,3-6,9-12,14,16H2,1-2H3,(H,32,38)(H,31,33,34). The highest BCUT2D eigenvalue weighted by molar-refractivity contribution is 6.02. The third-order valence-corrected chi connectivity index (χ3v) is 7.95. The predicted octanol–water partition coefficient (Wildman–Crippen LogP) is 3.87. The lowest BCUT2D eigenvalue weighted by atomic mass is 10.0. The molecule has 2 N–H and O–H groups in total. The quantitative estimate of drug-likeness (QED) is 0.569. The maximum Gasteiger partial charge on any atom is 0.342 e. The van der Waals surface area contributed by atoms with Crippen molar-refractivity contribution < 1.29 is 22.8 Å². The molecule has 0 radical (unpaired) electrons. The molecule has 2 aromatic rings. The first-order chi connectivity index (χ1) is 18.7. The fraction of sp³-hybridized carbons (Fsp3) is 0.556. The van der Waals surface area contributed by atoms with Crippen LogP contribution in [0.4, 0.5) is 36.3 Å². The van der Waals surface area contributed by atoms with E-state index in [9.17, 15) is 22.8 Å². The van der Waals surface area contributed by atoms with Crippen LogP contribution in [-0.2, 0) is 11.5 Å². The highest BCUT2D eigenvalue weighted by atomic mass is 19.3. The number of anilines is 4. The molecule has 5 rings (SSSR count). The Bertz CT molecular complexity index is 1230. The topological polar surface area (TPSA) is 93.7 Å². The fourth-order valence-corrected chi connectivity index (χ4v) is 5.61. The Hall–Kier alpha value is -3.41. The highest BCUT2D eigenvalue weighted by Crippen LogP contribution is 2.39. The number of benzene rings is 1. The number of aromatic nitrogens is 2. The van der Waals surface area contributed by atoms with E-state index in [4.69, 9.17) is 0 Å². The van der Waals surface area contributed by atoms with Crippen molar-refractivity contribution in [1.29, 1.82) is 0 Å². The summed E-state index contributed by atoms with van der Waals surface area (Å²) >= 11 is 0. The third kappa shape index (κ3) is 5.66. The first-order valence-electron chi connectivity index (χ1n) is 13.4. The van der Waals surface area contributed by atoms with Gasteiger partial charge in [-0.05, 0) is 64.0 Å². The molecular formula is C27H34F3N7O2. The van der Waals surface area contributed by atoms with E-state index in [0.29, 0.717) is 11.3 Å². The molecule has 9 nitrogen and oxygen atoms in total. The monoisotopic (exact) mass is 545 g/mol. The number of alkyl halides is 3. The van der Waals surface area contributed by atoms with E-state index in [2.05, 4.69) is 25.5 Å². The van der Waals surface area contributed by atoms with E-state index >= 15 is 0 Å². The Balaban J connectivity index is 1.39. The van der Waals surface area contributed by atoms with Crippen molar-refractivity contribution in [3.63, 3.8) is 0 Å². The van der Waals surface area contributed by atoms with Gasteiger partial charge in [0.25, 0.3) is 11.8 Å². The van der Waals surface area contributed by atoms with Crippen LogP contribution in [0.1, 0.15) is 54.4 Å². The average Bonchev–Trinajstić information content (AvgIpc) is 3.45. The minimum absolute atomic E-state index is 0.0773.